The van der Waals surface area contributed by atoms with E-state index in [1.165, 1.54) is 6.92 Å². The zero-order chi connectivity index (χ0) is 19.7. The van der Waals surface area contributed by atoms with Crippen molar-refractivity contribution < 1.29 is 19.1 Å². The molecule has 1 aliphatic heterocycles. The van der Waals surface area contributed by atoms with E-state index in [1.54, 1.807) is 32.0 Å². The predicted octanol–water partition coefficient (Wildman–Crippen LogP) is 3.04. The molecule has 142 valence electrons. The lowest BCUT2D eigenvalue weighted by atomic mass is 9.95. The van der Waals surface area contributed by atoms with E-state index < -0.39 is 12.0 Å². The average molecular weight is 378 g/mol. The molecule has 2 rings (SSSR count). The van der Waals surface area contributed by atoms with E-state index in [0.29, 0.717) is 22.1 Å². The summed E-state index contributed by atoms with van der Waals surface area (Å²) in [4.78, 5) is 23.4. The molecular weight excluding hydrogens is 352 g/mol. The van der Waals surface area contributed by atoms with Crippen LogP contribution >= 0.6 is 12.2 Å². The Hall–Kier alpha value is -2.41. The van der Waals surface area contributed by atoms with E-state index in [4.69, 9.17) is 21.7 Å². The number of allylic oxidation sites excluding steroid dienone is 1. The maximum atomic E-state index is 12.3. The molecule has 2 N–H and O–H groups in total. The number of carbonyl (C=O) groups is 2. The Bertz CT molecular complexity index is 701. The number of hydrogen-bond acceptors (Lipinski definition) is 5. The second-order valence-corrected chi connectivity index (χ2v) is 5.76. The number of hydrogen-bond donors (Lipinski definition) is 2. The summed E-state index contributed by atoms with van der Waals surface area (Å²) in [7, 11) is 0. The SMILES string of the molecule is CC.CCOC(=O)C1=C(C)NC(=S)NC1c1cccc(OCC(C)=O)c1. The lowest BCUT2D eigenvalue weighted by molar-refractivity contribution is -0.139. The summed E-state index contributed by atoms with van der Waals surface area (Å²) in [5.74, 6) is 0.0805. The maximum Gasteiger partial charge on any atom is 0.338 e. The Kier molecular flexibility index (Phi) is 8.78. The number of thiocarbonyl (C=S) groups is 1. The van der Waals surface area contributed by atoms with Crippen molar-refractivity contribution in [3.63, 3.8) is 0 Å². The highest BCUT2D eigenvalue weighted by Gasteiger charge is 2.31. The monoisotopic (exact) mass is 378 g/mol. The molecule has 0 spiro atoms. The summed E-state index contributed by atoms with van der Waals surface area (Å²) < 4.78 is 10.6. The van der Waals surface area contributed by atoms with Gasteiger partial charge in [-0.1, -0.05) is 26.0 Å². The molecular formula is C19H26N2O4S. The van der Waals surface area contributed by atoms with Gasteiger partial charge in [-0.2, -0.15) is 0 Å². The molecule has 0 bridgehead atoms. The van der Waals surface area contributed by atoms with Gasteiger partial charge in [0.05, 0.1) is 18.2 Å². The highest BCUT2D eigenvalue weighted by Crippen LogP contribution is 2.29. The fourth-order valence-corrected chi connectivity index (χ4v) is 2.66. The van der Waals surface area contributed by atoms with Crippen molar-refractivity contribution in [2.24, 2.45) is 0 Å². The van der Waals surface area contributed by atoms with Gasteiger partial charge in [0.1, 0.15) is 12.4 Å². The number of ketones is 1. The van der Waals surface area contributed by atoms with E-state index in [-0.39, 0.29) is 19.0 Å². The van der Waals surface area contributed by atoms with E-state index in [2.05, 4.69) is 10.6 Å². The molecule has 1 unspecified atom stereocenters. The molecule has 1 aromatic rings. The van der Waals surface area contributed by atoms with Crippen LogP contribution < -0.4 is 15.4 Å². The number of rotatable bonds is 6. The fraction of sp³-hybridized carbons (Fsp3) is 0.421. The maximum absolute atomic E-state index is 12.3. The first-order valence-corrected chi connectivity index (χ1v) is 9.00. The van der Waals surface area contributed by atoms with Crippen molar-refractivity contribution in [2.45, 2.75) is 40.7 Å². The Labute approximate surface area is 159 Å². The molecule has 1 atom stereocenters. The minimum absolute atomic E-state index is 0.00111. The zero-order valence-corrected chi connectivity index (χ0v) is 16.7. The third kappa shape index (κ3) is 5.84. The Morgan fingerprint density at radius 1 is 1.27 bits per heavy atom. The standard InChI is InChI=1S/C17H20N2O4S.C2H6/c1-4-22-16(21)14-11(3)18-17(24)19-15(14)12-6-5-7-13(8-12)23-9-10(2)20;1-2/h5-8,15H,4,9H2,1-3H3,(H2,18,19,24);1-2H3. The predicted molar refractivity (Wildman–Crippen MR) is 105 cm³/mol. The smallest absolute Gasteiger partial charge is 0.338 e. The number of Topliss-reactive ketones (excluding diaryl/α,β-unsaturated/α-hetero) is 1. The second kappa shape index (κ2) is 10.6. The second-order valence-electron chi connectivity index (χ2n) is 5.35. The van der Waals surface area contributed by atoms with Crippen molar-refractivity contribution in [2.75, 3.05) is 13.2 Å². The van der Waals surface area contributed by atoms with Gasteiger partial charge in [-0.05, 0) is 50.7 Å². The van der Waals surface area contributed by atoms with E-state index in [9.17, 15) is 9.59 Å². The first kappa shape index (κ1) is 21.6. The molecule has 0 saturated carbocycles. The van der Waals surface area contributed by atoms with Crippen LogP contribution in [-0.2, 0) is 14.3 Å². The first-order valence-electron chi connectivity index (χ1n) is 8.60. The van der Waals surface area contributed by atoms with E-state index in [1.807, 2.05) is 19.9 Å². The van der Waals surface area contributed by atoms with Gasteiger partial charge in [0, 0.05) is 5.70 Å². The normalized spacial score (nSPS) is 15.9. The summed E-state index contributed by atoms with van der Waals surface area (Å²) in [6.45, 7) is 9.28. The van der Waals surface area contributed by atoms with Crippen molar-refractivity contribution >= 4 is 29.1 Å². The van der Waals surface area contributed by atoms with Gasteiger partial charge in [-0.25, -0.2) is 4.79 Å². The zero-order valence-electron chi connectivity index (χ0n) is 15.8. The third-order valence-electron chi connectivity index (χ3n) is 3.40. The van der Waals surface area contributed by atoms with Crippen LogP contribution in [0.5, 0.6) is 5.75 Å². The minimum atomic E-state index is -0.446. The van der Waals surface area contributed by atoms with E-state index >= 15 is 0 Å². The quantitative estimate of drug-likeness (QED) is 0.582. The van der Waals surface area contributed by atoms with Gasteiger partial charge in [0.25, 0.3) is 0 Å². The highest BCUT2D eigenvalue weighted by atomic mass is 32.1. The molecule has 26 heavy (non-hydrogen) atoms. The molecule has 0 aliphatic carbocycles. The molecule has 7 heteroatoms. The number of carbonyl (C=O) groups excluding carboxylic acids is 2. The Morgan fingerprint density at radius 3 is 2.58 bits per heavy atom. The van der Waals surface area contributed by atoms with Gasteiger partial charge < -0.3 is 20.1 Å². The summed E-state index contributed by atoms with van der Waals surface area (Å²) in [5.41, 5.74) is 1.91. The molecule has 0 radical (unpaired) electrons. The van der Waals surface area contributed by atoms with Crippen LogP contribution in [0.1, 0.15) is 46.2 Å². The topological polar surface area (TPSA) is 76.7 Å². The van der Waals surface area contributed by atoms with Gasteiger partial charge >= 0.3 is 5.97 Å². The summed E-state index contributed by atoms with van der Waals surface area (Å²) in [6, 6.07) is 6.75. The third-order valence-corrected chi connectivity index (χ3v) is 3.62. The number of benzene rings is 1. The highest BCUT2D eigenvalue weighted by molar-refractivity contribution is 7.80. The van der Waals surface area contributed by atoms with Gasteiger partial charge in [0.2, 0.25) is 0 Å². The molecule has 6 nitrogen and oxygen atoms in total. The molecule has 0 aromatic heterocycles. The lowest BCUT2D eigenvalue weighted by Crippen LogP contribution is -2.45. The molecule has 0 fully saturated rings. The largest absolute Gasteiger partial charge is 0.486 e. The summed E-state index contributed by atoms with van der Waals surface area (Å²) >= 11 is 5.20. The number of esters is 1. The molecule has 0 amide bonds. The van der Waals surface area contributed by atoms with Crippen LogP contribution in [0.3, 0.4) is 0 Å². The molecule has 1 heterocycles. The van der Waals surface area contributed by atoms with Crippen LogP contribution in [0.4, 0.5) is 0 Å². The van der Waals surface area contributed by atoms with Gasteiger partial charge in [-0.3, -0.25) is 4.79 Å². The van der Waals surface area contributed by atoms with Crippen LogP contribution in [0.15, 0.2) is 35.5 Å². The van der Waals surface area contributed by atoms with Crippen molar-refractivity contribution in [3.05, 3.63) is 41.1 Å². The minimum Gasteiger partial charge on any atom is -0.486 e. The van der Waals surface area contributed by atoms with Crippen LogP contribution in [-0.4, -0.2) is 30.1 Å². The van der Waals surface area contributed by atoms with Gasteiger partial charge in [-0.15, -0.1) is 0 Å². The van der Waals surface area contributed by atoms with Crippen molar-refractivity contribution in [3.8, 4) is 5.75 Å². The van der Waals surface area contributed by atoms with Gasteiger partial charge in [0.15, 0.2) is 10.9 Å². The molecule has 0 saturated heterocycles. The summed E-state index contributed by atoms with van der Waals surface area (Å²) in [5, 5.41) is 6.46. The van der Waals surface area contributed by atoms with Crippen LogP contribution in [0.2, 0.25) is 0 Å². The van der Waals surface area contributed by atoms with Crippen molar-refractivity contribution in [1.82, 2.24) is 10.6 Å². The lowest BCUT2D eigenvalue weighted by Gasteiger charge is -2.30. The first-order chi connectivity index (χ1) is 12.4. The van der Waals surface area contributed by atoms with E-state index in [0.717, 1.165) is 5.56 Å². The van der Waals surface area contributed by atoms with Crippen LogP contribution in [0.25, 0.3) is 0 Å². The Balaban J connectivity index is 0.00000163. The molecule has 1 aliphatic rings. The summed E-state index contributed by atoms with van der Waals surface area (Å²) in [6.07, 6.45) is 0. The molecule has 1 aromatic carbocycles. The fourth-order valence-electron chi connectivity index (χ4n) is 2.39. The number of nitrogens with one attached hydrogen (secondary N) is 2. The Morgan fingerprint density at radius 2 is 1.96 bits per heavy atom. The van der Waals surface area contributed by atoms with Crippen molar-refractivity contribution in [1.29, 1.82) is 0 Å². The number of ether oxygens (including phenoxy) is 2. The average Bonchev–Trinajstić information content (AvgIpc) is 2.61. The van der Waals surface area contributed by atoms with Crippen LogP contribution in [0, 0.1) is 0 Å².